The van der Waals surface area contributed by atoms with Gasteiger partial charge in [-0.15, -0.1) is 0 Å². The van der Waals surface area contributed by atoms with Crippen molar-refractivity contribution < 1.29 is 22.7 Å². The average molecular weight is 329 g/mol. The second-order valence-electron chi connectivity index (χ2n) is 6.09. The van der Waals surface area contributed by atoms with Crippen molar-refractivity contribution in [1.29, 1.82) is 0 Å². The van der Waals surface area contributed by atoms with Crippen molar-refractivity contribution in [2.75, 3.05) is 13.2 Å². The first-order chi connectivity index (χ1) is 10.8. The fourth-order valence-corrected chi connectivity index (χ4v) is 2.87. The van der Waals surface area contributed by atoms with E-state index in [0.29, 0.717) is 18.0 Å². The predicted octanol–water partition coefficient (Wildman–Crippen LogP) is 3.57. The molecule has 0 aliphatic carbocycles. The SMILES string of the molecule is C[C@H]1C[C@H](CCNC(=O)Cc2cccc(C(F)(F)F)c2)CCO1. The Balaban J connectivity index is 1.76. The van der Waals surface area contributed by atoms with Crippen molar-refractivity contribution in [3.05, 3.63) is 35.4 Å². The van der Waals surface area contributed by atoms with Gasteiger partial charge in [0.15, 0.2) is 0 Å². The van der Waals surface area contributed by atoms with Crippen LogP contribution in [-0.4, -0.2) is 25.2 Å². The summed E-state index contributed by atoms with van der Waals surface area (Å²) in [5, 5.41) is 2.79. The topological polar surface area (TPSA) is 38.3 Å². The number of alkyl halides is 3. The van der Waals surface area contributed by atoms with Gasteiger partial charge in [0.1, 0.15) is 0 Å². The standard InChI is InChI=1S/C17H22F3NO2/c1-12-9-13(6-8-23-12)5-7-21-16(22)11-14-3-2-4-15(10-14)17(18,19)20/h2-4,10,12-13H,5-9,11H2,1H3,(H,21,22)/t12-,13+/m0/s1. The van der Waals surface area contributed by atoms with Gasteiger partial charge in [0.25, 0.3) is 0 Å². The first kappa shape index (κ1) is 17.8. The highest BCUT2D eigenvalue weighted by Crippen LogP contribution is 2.29. The Labute approximate surface area is 134 Å². The highest BCUT2D eigenvalue weighted by atomic mass is 19.4. The summed E-state index contributed by atoms with van der Waals surface area (Å²) in [6.07, 6.45) is -1.30. The maximum absolute atomic E-state index is 12.6. The van der Waals surface area contributed by atoms with Gasteiger partial charge in [-0.3, -0.25) is 4.79 Å². The lowest BCUT2D eigenvalue weighted by molar-refractivity contribution is -0.137. The van der Waals surface area contributed by atoms with Crippen LogP contribution in [0.1, 0.15) is 37.3 Å². The molecule has 2 atom stereocenters. The summed E-state index contributed by atoms with van der Waals surface area (Å²) >= 11 is 0. The monoisotopic (exact) mass is 329 g/mol. The molecular formula is C17H22F3NO2. The molecule has 1 aromatic carbocycles. The Morgan fingerprint density at radius 1 is 1.39 bits per heavy atom. The number of rotatable bonds is 5. The van der Waals surface area contributed by atoms with E-state index in [2.05, 4.69) is 5.32 Å². The minimum Gasteiger partial charge on any atom is -0.378 e. The summed E-state index contributed by atoms with van der Waals surface area (Å²) in [6, 6.07) is 4.90. The van der Waals surface area contributed by atoms with Crippen LogP contribution in [0.5, 0.6) is 0 Å². The zero-order valence-electron chi connectivity index (χ0n) is 13.2. The van der Waals surface area contributed by atoms with Gasteiger partial charge < -0.3 is 10.1 Å². The lowest BCUT2D eigenvalue weighted by atomic mass is 9.93. The van der Waals surface area contributed by atoms with Gasteiger partial charge in [0.2, 0.25) is 5.91 Å². The number of halogens is 3. The molecule has 0 aromatic heterocycles. The van der Waals surface area contributed by atoms with Crippen molar-refractivity contribution in [1.82, 2.24) is 5.32 Å². The molecule has 0 spiro atoms. The molecule has 1 aliphatic heterocycles. The van der Waals surface area contributed by atoms with Gasteiger partial charge in [-0.1, -0.05) is 18.2 Å². The van der Waals surface area contributed by atoms with Crippen LogP contribution in [0.4, 0.5) is 13.2 Å². The number of carbonyl (C=O) groups is 1. The molecule has 1 amide bonds. The molecular weight excluding hydrogens is 307 g/mol. The van der Waals surface area contributed by atoms with Crippen LogP contribution in [0.25, 0.3) is 0 Å². The quantitative estimate of drug-likeness (QED) is 0.897. The molecule has 6 heteroatoms. The van der Waals surface area contributed by atoms with E-state index in [1.807, 2.05) is 6.92 Å². The highest BCUT2D eigenvalue weighted by molar-refractivity contribution is 5.78. The Morgan fingerprint density at radius 2 is 2.17 bits per heavy atom. The van der Waals surface area contributed by atoms with Crippen LogP contribution in [0.3, 0.4) is 0 Å². The molecule has 1 fully saturated rings. The van der Waals surface area contributed by atoms with Gasteiger partial charge in [-0.25, -0.2) is 0 Å². The van der Waals surface area contributed by atoms with Gasteiger partial charge in [0.05, 0.1) is 18.1 Å². The lowest BCUT2D eigenvalue weighted by Crippen LogP contribution is -2.30. The Morgan fingerprint density at radius 3 is 2.87 bits per heavy atom. The number of amides is 1. The fraction of sp³-hybridized carbons (Fsp3) is 0.588. The molecule has 0 unspecified atom stereocenters. The highest BCUT2D eigenvalue weighted by Gasteiger charge is 2.30. The van der Waals surface area contributed by atoms with Crippen molar-refractivity contribution in [3.63, 3.8) is 0 Å². The minimum atomic E-state index is -4.38. The molecule has 3 nitrogen and oxygen atoms in total. The molecule has 0 radical (unpaired) electrons. The molecule has 0 saturated carbocycles. The van der Waals surface area contributed by atoms with Crippen molar-refractivity contribution in [2.45, 2.75) is 44.9 Å². The Kier molecular flexibility index (Phi) is 6.04. The zero-order valence-corrected chi connectivity index (χ0v) is 13.2. The first-order valence-electron chi connectivity index (χ1n) is 7.89. The van der Waals surface area contributed by atoms with E-state index < -0.39 is 11.7 Å². The molecule has 1 saturated heterocycles. The number of nitrogens with one attached hydrogen (secondary N) is 1. The van der Waals surface area contributed by atoms with Gasteiger partial charge in [0, 0.05) is 13.2 Å². The minimum absolute atomic E-state index is 0.0336. The normalized spacial score (nSPS) is 21.9. The number of ether oxygens (including phenoxy) is 1. The molecule has 128 valence electrons. The number of benzene rings is 1. The maximum Gasteiger partial charge on any atom is 0.416 e. The van der Waals surface area contributed by atoms with E-state index in [-0.39, 0.29) is 18.4 Å². The third kappa shape index (κ3) is 5.86. The summed E-state index contributed by atoms with van der Waals surface area (Å²) in [4.78, 5) is 11.9. The van der Waals surface area contributed by atoms with Crippen LogP contribution in [-0.2, 0) is 22.1 Å². The second-order valence-corrected chi connectivity index (χ2v) is 6.09. The van der Waals surface area contributed by atoms with Crippen molar-refractivity contribution in [2.24, 2.45) is 5.92 Å². The molecule has 1 N–H and O–H groups in total. The van der Waals surface area contributed by atoms with Crippen LogP contribution >= 0.6 is 0 Å². The van der Waals surface area contributed by atoms with E-state index in [1.165, 1.54) is 12.1 Å². The summed E-state index contributed by atoms with van der Waals surface area (Å²) in [5.41, 5.74) is -0.351. The molecule has 1 aromatic rings. The second kappa shape index (κ2) is 7.81. The smallest absolute Gasteiger partial charge is 0.378 e. The average Bonchev–Trinajstić information content (AvgIpc) is 2.46. The zero-order chi connectivity index (χ0) is 16.9. The van der Waals surface area contributed by atoms with E-state index in [0.717, 1.165) is 38.0 Å². The number of hydrogen-bond donors (Lipinski definition) is 1. The molecule has 23 heavy (non-hydrogen) atoms. The summed E-state index contributed by atoms with van der Waals surface area (Å²) < 4.78 is 43.4. The number of carbonyl (C=O) groups excluding carboxylic acids is 1. The Bertz CT molecular complexity index is 531. The third-order valence-corrected chi connectivity index (χ3v) is 4.09. The lowest BCUT2D eigenvalue weighted by Gasteiger charge is -2.27. The van der Waals surface area contributed by atoms with E-state index in [4.69, 9.17) is 4.74 Å². The largest absolute Gasteiger partial charge is 0.416 e. The van der Waals surface area contributed by atoms with Gasteiger partial charge in [-0.05, 0) is 43.7 Å². The fourth-order valence-electron chi connectivity index (χ4n) is 2.87. The van der Waals surface area contributed by atoms with Crippen molar-refractivity contribution >= 4 is 5.91 Å². The summed E-state index contributed by atoms with van der Waals surface area (Å²) in [6.45, 7) is 3.34. The Hall–Kier alpha value is -1.56. The molecule has 1 heterocycles. The number of hydrogen-bond acceptors (Lipinski definition) is 2. The van der Waals surface area contributed by atoms with Crippen LogP contribution in [0.15, 0.2) is 24.3 Å². The van der Waals surface area contributed by atoms with Gasteiger partial charge in [-0.2, -0.15) is 13.2 Å². The van der Waals surface area contributed by atoms with Crippen LogP contribution in [0, 0.1) is 5.92 Å². The molecule has 1 aliphatic rings. The first-order valence-corrected chi connectivity index (χ1v) is 7.89. The molecule has 2 rings (SSSR count). The van der Waals surface area contributed by atoms with E-state index >= 15 is 0 Å². The van der Waals surface area contributed by atoms with E-state index in [1.54, 1.807) is 0 Å². The van der Waals surface area contributed by atoms with E-state index in [9.17, 15) is 18.0 Å². The maximum atomic E-state index is 12.6. The summed E-state index contributed by atoms with van der Waals surface area (Å²) in [7, 11) is 0. The van der Waals surface area contributed by atoms with Crippen molar-refractivity contribution in [3.8, 4) is 0 Å². The van der Waals surface area contributed by atoms with Crippen LogP contribution < -0.4 is 5.32 Å². The predicted molar refractivity (Wildman–Crippen MR) is 80.9 cm³/mol. The van der Waals surface area contributed by atoms with Gasteiger partial charge >= 0.3 is 6.18 Å². The van der Waals surface area contributed by atoms with Crippen LogP contribution in [0.2, 0.25) is 0 Å². The summed E-state index contributed by atoms with van der Waals surface area (Å²) in [5.74, 6) is 0.289. The molecule has 0 bridgehead atoms. The third-order valence-electron chi connectivity index (χ3n) is 4.09.